The molecule has 0 saturated heterocycles. The summed E-state index contributed by atoms with van der Waals surface area (Å²) in [6, 6.07) is 3.89. The molecule has 0 atom stereocenters. The first-order valence-electron chi connectivity index (χ1n) is 5.97. The van der Waals surface area contributed by atoms with Crippen LogP contribution in [0.4, 0.5) is 0 Å². The van der Waals surface area contributed by atoms with Gasteiger partial charge >= 0.3 is 0 Å². The standard InChI is InChI=1S/C12H19NO3S/c1-9(2)17(14,15)13(11-5-6-11)8-12-7-4-10(3)16-12/h4,7,9,11H,5-6,8H2,1-3H3. The van der Waals surface area contributed by atoms with E-state index < -0.39 is 10.0 Å². The zero-order chi connectivity index (χ0) is 12.6. The van der Waals surface area contributed by atoms with Crippen LogP contribution in [0.2, 0.25) is 0 Å². The topological polar surface area (TPSA) is 50.5 Å². The lowest BCUT2D eigenvalue weighted by atomic mass is 10.4. The van der Waals surface area contributed by atoms with Gasteiger partial charge in [0.2, 0.25) is 10.0 Å². The zero-order valence-electron chi connectivity index (χ0n) is 10.5. The number of hydrogen-bond acceptors (Lipinski definition) is 3. The van der Waals surface area contributed by atoms with Gasteiger partial charge in [0, 0.05) is 6.04 Å². The second-order valence-electron chi connectivity index (χ2n) is 4.88. The fourth-order valence-electron chi connectivity index (χ4n) is 1.78. The van der Waals surface area contributed by atoms with Crippen molar-refractivity contribution in [3.05, 3.63) is 23.7 Å². The van der Waals surface area contributed by atoms with Crippen LogP contribution in [0.3, 0.4) is 0 Å². The molecule has 1 aromatic heterocycles. The third-order valence-electron chi connectivity index (χ3n) is 2.98. The molecule has 0 radical (unpaired) electrons. The molecule has 1 aliphatic rings. The van der Waals surface area contributed by atoms with Crippen LogP contribution < -0.4 is 0 Å². The first-order chi connectivity index (χ1) is 7.91. The largest absolute Gasteiger partial charge is 0.465 e. The second kappa shape index (κ2) is 4.46. The molecule has 0 N–H and O–H groups in total. The van der Waals surface area contributed by atoms with Crippen molar-refractivity contribution in [3.63, 3.8) is 0 Å². The Hall–Kier alpha value is -0.810. The monoisotopic (exact) mass is 257 g/mol. The van der Waals surface area contributed by atoms with Gasteiger partial charge in [-0.2, -0.15) is 4.31 Å². The van der Waals surface area contributed by atoms with Gasteiger partial charge in [-0.05, 0) is 45.7 Å². The van der Waals surface area contributed by atoms with E-state index in [4.69, 9.17) is 4.42 Å². The summed E-state index contributed by atoms with van der Waals surface area (Å²) in [5.41, 5.74) is 0. The summed E-state index contributed by atoms with van der Waals surface area (Å²) in [5.74, 6) is 1.54. The van der Waals surface area contributed by atoms with Crippen molar-refractivity contribution in [1.29, 1.82) is 0 Å². The fourth-order valence-corrected chi connectivity index (χ4v) is 3.26. The lowest BCUT2D eigenvalue weighted by Gasteiger charge is -2.23. The molecule has 0 bridgehead atoms. The molecular formula is C12H19NO3S. The number of hydrogen-bond donors (Lipinski definition) is 0. The summed E-state index contributed by atoms with van der Waals surface area (Å²) in [7, 11) is -3.19. The highest BCUT2D eigenvalue weighted by Crippen LogP contribution is 2.32. The van der Waals surface area contributed by atoms with E-state index in [1.54, 1.807) is 18.2 Å². The van der Waals surface area contributed by atoms with Crippen molar-refractivity contribution >= 4 is 10.0 Å². The minimum atomic E-state index is -3.19. The SMILES string of the molecule is Cc1ccc(CN(C2CC2)S(=O)(=O)C(C)C)o1. The normalized spacial score (nSPS) is 17.0. The van der Waals surface area contributed by atoms with Gasteiger partial charge in [-0.25, -0.2) is 8.42 Å². The van der Waals surface area contributed by atoms with Gasteiger partial charge in [0.15, 0.2) is 0 Å². The van der Waals surface area contributed by atoms with Crippen molar-refractivity contribution in [3.8, 4) is 0 Å². The third kappa shape index (κ3) is 2.72. The highest BCUT2D eigenvalue weighted by molar-refractivity contribution is 7.89. The van der Waals surface area contributed by atoms with Crippen molar-refractivity contribution in [1.82, 2.24) is 4.31 Å². The smallest absolute Gasteiger partial charge is 0.217 e. The van der Waals surface area contributed by atoms with Crippen molar-refractivity contribution < 1.29 is 12.8 Å². The molecular weight excluding hydrogens is 238 g/mol. The minimum absolute atomic E-state index is 0.174. The van der Waals surface area contributed by atoms with Gasteiger partial charge in [0.05, 0.1) is 11.8 Å². The Kier molecular flexibility index (Phi) is 3.32. The van der Waals surface area contributed by atoms with E-state index in [0.717, 1.165) is 24.4 Å². The lowest BCUT2D eigenvalue weighted by Crippen LogP contribution is -2.37. The maximum atomic E-state index is 12.2. The van der Waals surface area contributed by atoms with E-state index in [1.807, 2.05) is 19.1 Å². The maximum absolute atomic E-state index is 12.2. The molecule has 0 amide bonds. The van der Waals surface area contributed by atoms with Crippen molar-refractivity contribution in [2.24, 2.45) is 0 Å². The van der Waals surface area contributed by atoms with E-state index >= 15 is 0 Å². The van der Waals surface area contributed by atoms with Gasteiger partial charge in [0.1, 0.15) is 11.5 Å². The molecule has 5 heteroatoms. The third-order valence-corrected chi connectivity index (χ3v) is 5.26. The molecule has 1 saturated carbocycles. The number of furan rings is 1. The van der Waals surface area contributed by atoms with Crippen LogP contribution in [0, 0.1) is 6.92 Å². The van der Waals surface area contributed by atoms with Crippen LogP contribution in [0.25, 0.3) is 0 Å². The Labute approximate surface area is 103 Å². The molecule has 96 valence electrons. The van der Waals surface area contributed by atoms with Gasteiger partial charge in [-0.15, -0.1) is 0 Å². The maximum Gasteiger partial charge on any atom is 0.217 e. The molecule has 1 aromatic rings. The highest BCUT2D eigenvalue weighted by atomic mass is 32.2. The molecule has 1 fully saturated rings. The minimum Gasteiger partial charge on any atom is -0.465 e. The Morgan fingerprint density at radius 2 is 2.06 bits per heavy atom. The van der Waals surface area contributed by atoms with Crippen LogP contribution in [0.15, 0.2) is 16.5 Å². The summed E-state index contributed by atoms with van der Waals surface area (Å²) in [6.45, 7) is 5.66. The van der Waals surface area contributed by atoms with Crippen LogP contribution in [0.5, 0.6) is 0 Å². The zero-order valence-corrected chi connectivity index (χ0v) is 11.3. The molecule has 0 unspecified atom stereocenters. The number of nitrogens with zero attached hydrogens (tertiary/aromatic N) is 1. The Bertz CT molecular complexity index is 486. The number of rotatable bonds is 5. The molecule has 2 rings (SSSR count). The average Bonchev–Trinajstić information content (AvgIpc) is 2.99. The van der Waals surface area contributed by atoms with Crippen LogP contribution >= 0.6 is 0 Å². The molecule has 17 heavy (non-hydrogen) atoms. The summed E-state index contributed by atoms with van der Waals surface area (Å²) in [6.07, 6.45) is 1.93. The predicted molar refractivity (Wildman–Crippen MR) is 66.1 cm³/mol. The summed E-state index contributed by atoms with van der Waals surface area (Å²) >= 11 is 0. The lowest BCUT2D eigenvalue weighted by molar-refractivity contribution is 0.349. The molecule has 1 heterocycles. The average molecular weight is 257 g/mol. The molecule has 1 aliphatic carbocycles. The van der Waals surface area contributed by atoms with E-state index in [9.17, 15) is 8.42 Å². The van der Waals surface area contributed by atoms with Crippen molar-refractivity contribution in [2.45, 2.75) is 51.4 Å². The molecule has 4 nitrogen and oxygen atoms in total. The van der Waals surface area contributed by atoms with Gasteiger partial charge in [0.25, 0.3) is 0 Å². The van der Waals surface area contributed by atoms with Crippen LogP contribution in [0.1, 0.15) is 38.2 Å². The van der Waals surface area contributed by atoms with E-state index in [2.05, 4.69) is 0 Å². The van der Waals surface area contributed by atoms with Crippen LogP contribution in [-0.2, 0) is 16.6 Å². The summed E-state index contributed by atoms with van der Waals surface area (Å²) in [4.78, 5) is 0. The summed E-state index contributed by atoms with van der Waals surface area (Å²) < 4.78 is 31.5. The van der Waals surface area contributed by atoms with Gasteiger partial charge in [-0.1, -0.05) is 0 Å². The van der Waals surface area contributed by atoms with Gasteiger partial charge in [-0.3, -0.25) is 0 Å². The van der Waals surface area contributed by atoms with E-state index in [0.29, 0.717) is 6.54 Å². The van der Waals surface area contributed by atoms with Crippen LogP contribution in [-0.4, -0.2) is 24.0 Å². The van der Waals surface area contributed by atoms with Crippen molar-refractivity contribution in [2.75, 3.05) is 0 Å². The predicted octanol–water partition coefficient (Wildman–Crippen LogP) is 2.29. The fraction of sp³-hybridized carbons (Fsp3) is 0.667. The van der Waals surface area contributed by atoms with E-state index in [1.165, 1.54) is 0 Å². The Balaban J connectivity index is 2.19. The Morgan fingerprint density at radius 1 is 1.41 bits per heavy atom. The quantitative estimate of drug-likeness (QED) is 0.813. The molecule has 0 aliphatic heterocycles. The highest BCUT2D eigenvalue weighted by Gasteiger charge is 2.39. The molecule has 0 aromatic carbocycles. The second-order valence-corrected chi connectivity index (χ2v) is 7.32. The number of sulfonamides is 1. The first-order valence-corrected chi connectivity index (χ1v) is 7.47. The first kappa shape index (κ1) is 12.6. The van der Waals surface area contributed by atoms with E-state index in [-0.39, 0.29) is 11.3 Å². The Morgan fingerprint density at radius 3 is 2.47 bits per heavy atom. The summed E-state index contributed by atoms with van der Waals surface area (Å²) in [5, 5.41) is -0.376. The van der Waals surface area contributed by atoms with Gasteiger partial charge < -0.3 is 4.42 Å². The number of aryl methyl sites for hydroxylation is 1. The molecule has 0 spiro atoms.